The molecule has 4 nitrogen and oxygen atoms in total. The Balaban J connectivity index is 2.73. The van der Waals surface area contributed by atoms with Gasteiger partial charge in [0.15, 0.2) is 5.75 Å². The van der Waals surface area contributed by atoms with E-state index in [0.717, 1.165) is 30.2 Å². The highest BCUT2D eigenvalue weighted by molar-refractivity contribution is 9.09. The van der Waals surface area contributed by atoms with Gasteiger partial charge in [0.05, 0.1) is 11.5 Å². The molecule has 0 aromatic heterocycles. The lowest BCUT2D eigenvalue weighted by molar-refractivity contribution is -0.385. The Morgan fingerprint density at radius 3 is 2.76 bits per heavy atom. The van der Waals surface area contributed by atoms with Gasteiger partial charge in [0.2, 0.25) is 0 Å². The molecular weight excluding hydrogens is 286 g/mol. The molecule has 0 atom stereocenters. The molecule has 1 rings (SSSR count). The van der Waals surface area contributed by atoms with E-state index in [9.17, 15) is 10.1 Å². The smallest absolute Gasteiger partial charge is 0.311 e. The van der Waals surface area contributed by atoms with Gasteiger partial charge in [0.25, 0.3) is 0 Å². The molecule has 0 heterocycles. The summed E-state index contributed by atoms with van der Waals surface area (Å²) in [5.74, 6) is 0.363. The summed E-state index contributed by atoms with van der Waals surface area (Å²) < 4.78 is 5.44. The van der Waals surface area contributed by atoms with Crippen LogP contribution < -0.4 is 4.74 Å². The summed E-state index contributed by atoms with van der Waals surface area (Å²) >= 11 is 3.33. The fourth-order valence-corrected chi connectivity index (χ4v) is 1.82. The third-order valence-electron chi connectivity index (χ3n) is 2.41. The topological polar surface area (TPSA) is 52.4 Å². The number of hydrogen-bond donors (Lipinski definition) is 0. The number of nitro benzene ring substituents is 1. The molecule has 0 bridgehead atoms. The zero-order valence-electron chi connectivity index (χ0n) is 9.82. The Morgan fingerprint density at radius 2 is 2.18 bits per heavy atom. The summed E-state index contributed by atoms with van der Waals surface area (Å²) in [6, 6.07) is 5.14. The minimum atomic E-state index is -0.390. The number of benzene rings is 1. The molecule has 0 saturated carbocycles. The molecule has 0 spiro atoms. The van der Waals surface area contributed by atoms with E-state index in [0.29, 0.717) is 12.4 Å². The number of alkyl halides is 1. The zero-order chi connectivity index (χ0) is 12.7. The van der Waals surface area contributed by atoms with Crippen LogP contribution in [-0.4, -0.2) is 16.9 Å². The molecule has 1 aromatic rings. The third-order valence-corrected chi connectivity index (χ3v) is 2.97. The Hall–Kier alpha value is -1.10. The molecule has 0 saturated heterocycles. The molecule has 0 unspecified atom stereocenters. The highest BCUT2D eigenvalue weighted by Gasteiger charge is 2.15. The van der Waals surface area contributed by atoms with Gasteiger partial charge < -0.3 is 4.74 Å². The standard InChI is InChI=1S/C12H16BrNO3/c1-2-10-5-6-12(11(9-10)14(15)16)17-8-4-3-7-13/h5-6,9H,2-4,7-8H2,1H3. The number of ether oxygens (including phenoxy) is 1. The lowest BCUT2D eigenvalue weighted by Crippen LogP contribution is -2.01. The van der Waals surface area contributed by atoms with Crippen molar-refractivity contribution < 1.29 is 9.66 Å². The van der Waals surface area contributed by atoms with E-state index in [-0.39, 0.29) is 10.6 Å². The maximum absolute atomic E-state index is 10.9. The van der Waals surface area contributed by atoms with Crippen molar-refractivity contribution >= 4 is 21.6 Å². The largest absolute Gasteiger partial charge is 0.487 e. The van der Waals surface area contributed by atoms with Crippen LogP contribution in [0.2, 0.25) is 0 Å². The maximum Gasteiger partial charge on any atom is 0.311 e. The maximum atomic E-state index is 10.9. The van der Waals surface area contributed by atoms with Crippen molar-refractivity contribution in [2.24, 2.45) is 0 Å². The number of unbranched alkanes of at least 4 members (excludes halogenated alkanes) is 1. The van der Waals surface area contributed by atoms with Crippen LogP contribution in [0.4, 0.5) is 5.69 Å². The van der Waals surface area contributed by atoms with Gasteiger partial charge in [0.1, 0.15) is 0 Å². The summed E-state index contributed by atoms with van der Waals surface area (Å²) in [7, 11) is 0. The van der Waals surface area contributed by atoms with Crippen LogP contribution >= 0.6 is 15.9 Å². The summed E-state index contributed by atoms with van der Waals surface area (Å²) in [6.45, 7) is 2.48. The number of nitrogens with zero attached hydrogens (tertiary/aromatic N) is 1. The van der Waals surface area contributed by atoms with E-state index in [1.807, 2.05) is 13.0 Å². The first-order valence-electron chi connectivity index (χ1n) is 5.65. The molecule has 17 heavy (non-hydrogen) atoms. The second kappa shape index (κ2) is 7.27. The summed E-state index contributed by atoms with van der Waals surface area (Å²) in [6.07, 6.45) is 2.67. The molecule has 1 aromatic carbocycles. The number of aryl methyl sites for hydroxylation is 1. The summed E-state index contributed by atoms with van der Waals surface area (Å²) in [5, 5.41) is 11.8. The normalized spacial score (nSPS) is 10.2. The van der Waals surface area contributed by atoms with Crippen molar-refractivity contribution in [1.82, 2.24) is 0 Å². The molecule has 94 valence electrons. The molecule has 0 amide bonds. The molecular formula is C12H16BrNO3. The molecule has 0 fully saturated rings. The predicted octanol–water partition coefficient (Wildman–Crippen LogP) is 3.71. The molecule has 0 aliphatic rings. The van der Waals surface area contributed by atoms with Gasteiger partial charge in [-0.2, -0.15) is 0 Å². The van der Waals surface area contributed by atoms with Crippen LogP contribution in [0, 0.1) is 10.1 Å². The number of rotatable bonds is 7. The van der Waals surface area contributed by atoms with E-state index < -0.39 is 0 Å². The van der Waals surface area contributed by atoms with E-state index in [1.54, 1.807) is 12.1 Å². The van der Waals surface area contributed by atoms with Gasteiger partial charge >= 0.3 is 5.69 Å². The van der Waals surface area contributed by atoms with E-state index in [1.165, 1.54) is 0 Å². The van der Waals surface area contributed by atoms with E-state index in [4.69, 9.17) is 4.74 Å². The van der Waals surface area contributed by atoms with Crippen molar-refractivity contribution in [2.45, 2.75) is 26.2 Å². The number of halogens is 1. The van der Waals surface area contributed by atoms with Crippen LogP contribution in [0.3, 0.4) is 0 Å². The fraction of sp³-hybridized carbons (Fsp3) is 0.500. The molecule has 5 heteroatoms. The molecule has 0 aliphatic heterocycles. The van der Waals surface area contributed by atoms with Crippen molar-refractivity contribution in [3.8, 4) is 5.75 Å². The number of hydrogen-bond acceptors (Lipinski definition) is 3. The molecule has 0 aliphatic carbocycles. The van der Waals surface area contributed by atoms with Crippen LogP contribution in [0.5, 0.6) is 5.75 Å². The third kappa shape index (κ3) is 4.34. The van der Waals surface area contributed by atoms with Gasteiger partial charge in [-0.05, 0) is 30.9 Å². The van der Waals surface area contributed by atoms with Gasteiger partial charge in [-0.3, -0.25) is 10.1 Å². The SMILES string of the molecule is CCc1ccc(OCCCCBr)c([N+](=O)[O-])c1. The van der Waals surface area contributed by atoms with Crippen molar-refractivity contribution in [1.29, 1.82) is 0 Å². The van der Waals surface area contributed by atoms with Gasteiger partial charge in [-0.1, -0.05) is 28.9 Å². The Morgan fingerprint density at radius 1 is 1.41 bits per heavy atom. The summed E-state index contributed by atoms with van der Waals surface area (Å²) in [4.78, 5) is 10.5. The minimum absolute atomic E-state index is 0.0585. The molecule has 0 N–H and O–H groups in total. The predicted molar refractivity (Wildman–Crippen MR) is 71.0 cm³/mol. The highest BCUT2D eigenvalue weighted by atomic mass is 79.9. The number of nitro groups is 1. The highest BCUT2D eigenvalue weighted by Crippen LogP contribution is 2.28. The van der Waals surface area contributed by atoms with Crippen LogP contribution in [-0.2, 0) is 6.42 Å². The zero-order valence-corrected chi connectivity index (χ0v) is 11.4. The monoisotopic (exact) mass is 301 g/mol. The van der Waals surface area contributed by atoms with Gasteiger partial charge in [-0.15, -0.1) is 0 Å². The van der Waals surface area contributed by atoms with E-state index in [2.05, 4.69) is 15.9 Å². The van der Waals surface area contributed by atoms with Crippen LogP contribution in [0.15, 0.2) is 18.2 Å². The summed E-state index contributed by atoms with van der Waals surface area (Å²) in [5.41, 5.74) is 1.01. The second-order valence-electron chi connectivity index (χ2n) is 3.66. The van der Waals surface area contributed by atoms with Crippen LogP contribution in [0.25, 0.3) is 0 Å². The van der Waals surface area contributed by atoms with Crippen molar-refractivity contribution in [2.75, 3.05) is 11.9 Å². The second-order valence-corrected chi connectivity index (χ2v) is 4.45. The average Bonchev–Trinajstić information content (AvgIpc) is 2.34. The first-order valence-corrected chi connectivity index (χ1v) is 6.77. The minimum Gasteiger partial charge on any atom is -0.487 e. The van der Waals surface area contributed by atoms with Crippen molar-refractivity contribution in [3.63, 3.8) is 0 Å². The van der Waals surface area contributed by atoms with Gasteiger partial charge in [-0.25, -0.2) is 0 Å². The lowest BCUT2D eigenvalue weighted by Gasteiger charge is -2.07. The quantitative estimate of drug-likeness (QED) is 0.334. The first-order chi connectivity index (χ1) is 8.19. The Bertz CT molecular complexity index is 382. The van der Waals surface area contributed by atoms with E-state index >= 15 is 0 Å². The lowest BCUT2D eigenvalue weighted by atomic mass is 10.1. The fourth-order valence-electron chi connectivity index (χ4n) is 1.43. The molecule has 0 radical (unpaired) electrons. The van der Waals surface area contributed by atoms with Crippen LogP contribution in [0.1, 0.15) is 25.3 Å². The van der Waals surface area contributed by atoms with Gasteiger partial charge in [0, 0.05) is 11.4 Å². The Kier molecular flexibility index (Phi) is 5.97. The Labute approximate surface area is 109 Å². The average molecular weight is 302 g/mol. The first kappa shape index (κ1) is 14.0. The van der Waals surface area contributed by atoms with Crippen molar-refractivity contribution in [3.05, 3.63) is 33.9 Å².